The summed E-state index contributed by atoms with van der Waals surface area (Å²) in [6.45, 7) is 6.03. The van der Waals surface area contributed by atoms with E-state index >= 15 is 0 Å². The number of carbonyl (C=O) groups is 2. The average Bonchev–Trinajstić information content (AvgIpc) is 3.03. The van der Waals surface area contributed by atoms with Crippen molar-refractivity contribution in [1.82, 2.24) is 10.5 Å². The van der Waals surface area contributed by atoms with E-state index in [1.165, 1.54) is 0 Å². The minimum atomic E-state index is -0.927. The van der Waals surface area contributed by atoms with Gasteiger partial charge < -0.3 is 14.9 Å². The molecule has 2 N–H and O–H groups in total. The van der Waals surface area contributed by atoms with Crippen LogP contribution in [0.25, 0.3) is 0 Å². The minimum absolute atomic E-state index is 0.0730. The van der Waals surface area contributed by atoms with Crippen molar-refractivity contribution in [3.8, 4) is 0 Å². The molecule has 0 aliphatic heterocycles. The van der Waals surface area contributed by atoms with Crippen molar-refractivity contribution in [2.75, 3.05) is 0 Å². The van der Waals surface area contributed by atoms with Crippen molar-refractivity contribution in [2.45, 2.75) is 58.4 Å². The molecular formula is C15H22N2O4. The summed E-state index contributed by atoms with van der Waals surface area (Å²) in [5, 5.41) is 15.5. The van der Waals surface area contributed by atoms with Gasteiger partial charge in [-0.15, -0.1) is 0 Å². The highest BCUT2D eigenvalue weighted by atomic mass is 16.5. The molecule has 1 atom stereocenters. The second-order valence-electron chi connectivity index (χ2n) is 6.92. The van der Waals surface area contributed by atoms with Crippen molar-refractivity contribution >= 4 is 11.9 Å². The van der Waals surface area contributed by atoms with Gasteiger partial charge in [-0.2, -0.15) is 0 Å². The van der Waals surface area contributed by atoms with Crippen molar-refractivity contribution in [3.63, 3.8) is 0 Å². The maximum Gasteiger partial charge on any atom is 0.305 e. The predicted molar refractivity (Wildman–Crippen MR) is 76.1 cm³/mol. The Balaban J connectivity index is 1.99. The molecule has 6 heteroatoms. The third kappa shape index (κ3) is 4.88. The lowest BCUT2D eigenvalue weighted by Gasteiger charge is -2.25. The van der Waals surface area contributed by atoms with E-state index in [9.17, 15) is 9.59 Å². The van der Waals surface area contributed by atoms with E-state index in [0.717, 1.165) is 18.6 Å². The molecule has 6 nitrogen and oxygen atoms in total. The summed E-state index contributed by atoms with van der Waals surface area (Å²) in [6.07, 6.45) is 2.62. The minimum Gasteiger partial charge on any atom is -0.481 e. The molecule has 0 bridgehead atoms. The van der Waals surface area contributed by atoms with E-state index in [0.29, 0.717) is 12.3 Å². The lowest BCUT2D eigenvalue weighted by atomic mass is 9.87. The van der Waals surface area contributed by atoms with Gasteiger partial charge in [-0.05, 0) is 24.7 Å². The van der Waals surface area contributed by atoms with Gasteiger partial charge in [-0.1, -0.05) is 25.9 Å². The number of amides is 1. The van der Waals surface area contributed by atoms with Gasteiger partial charge in [0.1, 0.15) is 5.76 Å². The third-order valence-electron chi connectivity index (χ3n) is 3.36. The first kappa shape index (κ1) is 15.5. The number of nitrogens with one attached hydrogen (secondary N) is 1. The Morgan fingerprint density at radius 2 is 2.14 bits per heavy atom. The summed E-state index contributed by atoms with van der Waals surface area (Å²) in [4.78, 5) is 23.1. The topological polar surface area (TPSA) is 92.4 Å². The Labute approximate surface area is 123 Å². The number of hydrogen-bond acceptors (Lipinski definition) is 4. The molecule has 2 rings (SSSR count). The maximum atomic E-state index is 12.2. The lowest BCUT2D eigenvalue weighted by molar-refractivity contribution is -0.137. The van der Waals surface area contributed by atoms with Gasteiger partial charge in [0.05, 0.1) is 6.42 Å². The number of carbonyl (C=O) groups excluding carboxylic acids is 1. The van der Waals surface area contributed by atoms with Gasteiger partial charge in [-0.3, -0.25) is 9.59 Å². The van der Waals surface area contributed by atoms with E-state index < -0.39 is 12.0 Å². The monoisotopic (exact) mass is 294 g/mol. The maximum absolute atomic E-state index is 12.2. The van der Waals surface area contributed by atoms with Crippen molar-refractivity contribution in [3.05, 3.63) is 17.5 Å². The van der Waals surface area contributed by atoms with Gasteiger partial charge in [0.15, 0.2) is 5.69 Å². The molecule has 0 spiro atoms. The number of nitrogens with zero attached hydrogens (tertiary/aromatic N) is 1. The molecule has 116 valence electrons. The van der Waals surface area contributed by atoms with Crippen molar-refractivity contribution in [2.24, 2.45) is 5.41 Å². The van der Waals surface area contributed by atoms with Crippen LogP contribution < -0.4 is 5.32 Å². The molecule has 21 heavy (non-hydrogen) atoms. The summed E-state index contributed by atoms with van der Waals surface area (Å²) < 4.78 is 5.15. The number of aromatic nitrogens is 1. The van der Waals surface area contributed by atoms with Crippen molar-refractivity contribution < 1.29 is 19.2 Å². The smallest absolute Gasteiger partial charge is 0.305 e. The van der Waals surface area contributed by atoms with Crippen LogP contribution in [-0.4, -0.2) is 28.2 Å². The third-order valence-corrected chi connectivity index (χ3v) is 3.36. The molecule has 1 aromatic rings. The number of hydrogen-bond donors (Lipinski definition) is 2. The summed E-state index contributed by atoms with van der Waals surface area (Å²) in [6, 6.07) is 1.23. The Kier molecular flexibility index (Phi) is 4.34. The highest BCUT2D eigenvalue weighted by Gasteiger charge is 2.30. The molecule has 1 amide bonds. The van der Waals surface area contributed by atoms with Gasteiger partial charge in [0.2, 0.25) is 0 Å². The van der Waals surface area contributed by atoms with E-state index in [2.05, 4.69) is 10.5 Å². The molecule has 0 aromatic carbocycles. The second-order valence-corrected chi connectivity index (χ2v) is 6.92. The number of carboxylic acid groups (broad SMARTS) is 1. The molecular weight excluding hydrogens is 272 g/mol. The standard InChI is InChI=1S/C15H22N2O4/c1-15(2,3)8-10(6-13(18)19)16-14(20)11-7-12(21-17-11)9-4-5-9/h7,9-10H,4-6,8H2,1-3H3,(H,16,20)(H,18,19). The summed E-state index contributed by atoms with van der Waals surface area (Å²) in [5.41, 5.74) is 0.150. The summed E-state index contributed by atoms with van der Waals surface area (Å²) >= 11 is 0. The molecule has 1 aromatic heterocycles. The first-order chi connectivity index (χ1) is 9.74. The Morgan fingerprint density at radius 3 is 2.67 bits per heavy atom. The van der Waals surface area contributed by atoms with Gasteiger partial charge in [0, 0.05) is 18.0 Å². The normalized spacial score (nSPS) is 16.5. The SMILES string of the molecule is CC(C)(C)CC(CC(=O)O)NC(=O)c1cc(C2CC2)on1. The Bertz CT molecular complexity index is 526. The molecule has 0 saturated heterocycles. The van der Waals surface area contributed by atoms with Crippen LogP contribution in [0.5, 0.6) is 0 Å². The summed E-state index contributed by atoms with van der Waals surface area (Å²) in [7, 11) is 0. The fourth-order valence-corrected chi connectivity index (χ4v) is 2.34. The van der Waals surface area contributed by atoms with Crippen LogP contribution in [0.2, 0.25) is 0 Å². The second kappa shape index (κ2) is 5.87. The highest BCUT2D eigenvalue weighted by Crippen LogP contribution is 2.40. The molecule has 1 unspecified atom stereocenters. The van der Waals surface area contributed by atoms with E-state index in [4.69, 9.17) is 9.63 Å². The first-order valence-electron chi connectivity index (χ1n) is 7.24. The highest BCUT2D eigenvalue weighted by molar-refractivity contribution is 5.92. The van der Waals surface area contributed by atoms with Gasteiger partial charge in [0.25, 0.3) is 5.91 Å². The van der Waals surface area contributed by atoms with Crippen LogP contribution in [0, 0.1) is 5.41 Å². The van der Waals surface area contributed by atoms with Crippen LogP contribution >= 0.6 is 0 Å². The zero-order chi connectivity index (χ0) is 15.6. The summed E-state index contributed by atoms with van der Waals surface area (Å²) in [5.74, 6) is -0.168. The van der Waals surface area contributed by atoms with Crippen LogP contribution in [0.1, 0.15) is 68.6 Å². The number of rotatable bonds is 6. The van der Waals surface area contributed by atoms with Crippen LogP contribution in [-0.2, 0) is 4.79 Å². The predicted octanol–water partition coefficient (Wildman–Crippen LogP) is 2.56. The largest absolute Gasteiger partial charge is 0.481 e. The van der Waals surface area contributed by atoms with Crippen LogP contribution in [0.15, 0.2) is 10.6 Å². The zero-order valence-corrected chi connectivity index (χ0v) is 12.7. The molecule has 1 aliphatic rings. The fourth-order valence-electron chi connectivity index (χ4n) is 2.34. The van der Waals surface area contributed by atoms with E-state index in [1.807, 2.05) is 20.8 Å². The fraction of sp³-hybridized carbons (Fsp3) is 0.667. The van der Waals surface area contributed by atoms with Crippen molar-refractivity contribution in [1.29, 1.82) is 0 Å². The average molecular weight is 294 g/mol. The number of carboxylic acids is 1. The molecule has 0 radical (unpaired) electrons. The Hall–Kier alpha value is -1.85. The van der Waals surface area contributed by atoms with Gasteiger partial charge in [-0.25, -0.2) is 0 Å². The van der Waals surface area contributed by atoms with E-state index in [1.54, 1.807) is 6.07 Å². The zero-order valence-electron chi connectivity index (χ0n) is 12.7. The van der Waals surface area contributed by atoms with Gasteiger partial charge >= 0.3 is 5.97 Å². The molecule has 1 fully saturated rings. The molecule has 1 saturated carbocycles. The molecule has 1 heterocycles. The molecule has 1 aliphatic carbocycles. The van der Waals surface area contributed by atoms with E-state index in [-0.39, 0.29) is 23.4 Å². The first-order valence-corrected chi connectivity index (χ1v) is 7.24. The van der Waals surface area contributed by atoms with Crippen LogP contribution in [0.3, 0.4) is 0 Å². The number of aliphatic carboxylic acids is 1. The lowest BCUT2D eigenvalue weighted by Crippen LogP contribution is -2.39. The Morgan fingerprint density at radius 1 is 1.48 bits per heavy atom. The quantitative estimate of drug-likeness (QED) is 0.841. The van der Waals surface area contributed by atoms with Crippen LogP contribution in [0.4, 0.5) is 0 Å².